The van der Waals surface area contributed by atoms with Crippen LogP contribution in [0, 0.1) is 11.8 Å². The third kappa shape index (κ3) is 2.60. The highest BCUT2D eigenvalue weighted by Crippen LogP contribution is 2.55. The first kappa shape index (κ1) is 18.9. The molecular weight excluding hydrogens is 392 g/mol. The molecule has 0 aromatic heterocycles. The second kappa shape index (κ2) is 6.98. The first-order valence-corrected chi connectivity index (χ1v) is 9.65. The monoisotopic (exact) mass is 414 g/mol. The van der Waals surface area contributed by atoms with E-state index in [4.69, 9.17) is 28.4 Å². The maximum atomic E-state index is 12.7. The van der Waals surface area contributed by atoms with Gasteiger partial charge in [0.1, 0.15) is 0 Å². The lowest BCUT2D eigenvalue weighted by molar-refractivity contribution is -0.141. The first-order chi connectivity index (χ1) is 14.6. The molecule has 3 aliphatic rings. The smallest absolute Gasteiger partial charge is 0.310 e. The number of aliphatic hydroxyl groups is 1. The van der Waals surface area contributed by atoms with E-state index in [1.165, 1.54) is 7.11 Å². The van der Waals surface area contributed by atoms with Gasteiger partial charge in [-0.25, -0.2) is 0 Å². The SMILES string of the molecule is COc1cc([C@H]2c3cc4c(cc3[C@@H](O)[C@@H]3COC(=O)[C@@H]23)OCO4)cc(OC)c1OC. The Balaban J connectivity index is 1.74. The van der Waals surface area contributed by atoms with E-state index in [1.54, 1.807) is 20.3 Å². The van der Waals surface area contributed by atoms with Gasteiger partial charge >= 0.3 is 5.97 Å². The van der Waals surface area contributed by atoms with Crippen molar-refractivity contribution in [3.05, 3.63) is 41.0 Å². The molecule has 2 aromatic carbocycles. The Kier molecular flexibility index (Phi) is 4.39. The lowest BCUT2D eigenvalue weighted by atomic mass is 9.66. The number of methoxy groups -OCH3 is 3. The number of fused-ring (bicyclic) bond motifs is 3. The molecule has 2 heterocycles. The van der Waals surface area contributed by atoms with Gasteiger partial charge in [-0.15, -0.1) is 0 Å². The zero-order valence-electron chi connectivity index (χ0n) is 16.8. The van der Waals surface area contributed by atoms with Gasteiger partial charge < -0.3 is 33.5 Å². The van der Waals surface area contributed by atoms with Gasteiger partial charge in [0.05, 0.1) is 40.0 Å². The Bertz CT molecular complexity index is 991. The molecule has 0 unspecified atom stereocenters. The second-order valence-electron chi connectivity index (χ2n) is 7.54. The number of benzene rings is 2. The van der Waals surface area contributed by atoms with Crippen LogP contribution < -0.4 is 23.7 Å². The summed E-state index contributed by atoms with van der Waals surface area (Å²) in [7, 11) is 4.63. The Morgan fingerprint density at radius 2 is 1.53 bits per heavy atom. The van der Waals surface area contributed by atoms with Gasteiger partial charge in [0.15, 0.2) is 23.0 Å². The molecule has 0 spiro atoms. The van der Waals surface area contributed by atoms with Crippen molar-refractivity contribution in [2.24, 2.45) is 11.8 Å². The molecular formula is C22H22O8. The van der Waals surface area contributed by atoms with Crippen molar-refractivity contribution in [2.75, 3.05) is 34.7 Å². The van der Waals surface area contributed by atoms with E-state index < -0.39 is 12.0 Å². The number of carbonyl (C=O) groups is 1. The number of hydrogen-bond acceptors (Lipinski definition) is 8. The second-order valence-corrected chi connectivity index (χ2v) is 7.54. The summed E-state index contributed by atoms with van der Waals surface area (Å²) in [6.07, 6.45) is -0.843. The fraction of sp³-hybridized carbons (Fsp3) is 0.409. The number of carbonyl (C=O) groups excluding carboxylic acids is 1. The molecule has 5 rings (SSSR count). The quantitative estimate of drug-likeness (QED) is 0.763. The summed E-state index contributed by atoms with van der Waals surface area (Å²) in [6, 6.07) is 7.31. The minimum absolute atomic E-state index is 0.123. The Morgan fingerprint density at radius 3 is 2.13 bits per heavy atom. The van der Waals surface area contributed by atoms with Crippen LogP contribution in [0.15, 0.2) is 24.3 Å². The Labute approximate surface area is 173 Å². The lowest BCUT2D eigenvalue weighted by Crippen LogP contribution is -2.34. The van der Waals surface area contributed by atoms with Gasteiger partial charge in [0.2, 0.25) is 12.5 Å². The molecule has 1 aliphatic carbocycles. The van der Waals surface area contributed by atoms with Crippen LogP contribution in [0.4, 0.5) is 0 Å². The molecule has 4 atom stereocenters. The van der Waals surface area contributed by atoms with E-state index in [0.717, 1.165) is 11.1 Å². The molecule has 2 aromatic rings. The van der Waals surface area contributed by atoms with Crippen molar-refractivity contribution in [2.45, 2.75) is 12.0 Å². The van der Waals surface area contributed by atoms with Crippen molar-refractivity contribution in [1.82, 2.24) is 0 Å². The molecule has 30 heavy (non-hydrogen) atoms. The predicted molar refractivity (Wildman–Crippen MR) is 103 cm³/mol. The fourth-order valence-corrected chi connectivity index (χ4v) is 4.81. The normalized spacial score (nSPS) is 25.9. The summed E-state index contributed by atoms with van der Waals surface area (Å²) in [5.74, 6) is 0.989. The average molecular weight is 414 g/mol. The largest absolute Gasteiger partial charge is 0.493 e. The molecule has 2 aliphatic heterocycles. The van der Waals surface area contributed by atoms with Crippen LogP contribution in [0.2, 0.25) is 0 Å². The van der Waals surface area contributed by atoms with E-state index in [0.29, 0.717) is 34.3 Å². The van der Waals surface area contributed by atoms with Crippen LogP contribution in [0.3, 0.4) is 0 Å². The molecule has 0 radical (unpaired) electrons. The highest BCUT2D eigenvalue weighted by Gasteiger charge is 2.52. The van der Waals surface area contributed by atoms with Crippen LogP contribution in [-0.4, -0.2) is 45.8 Å². The summed E-state index contributed by atoms with van der Waals surface area (Å²) < 4.78 is 32.9. The van der Waals surface area contributed by atoms with E-state index in [9.17, 15) is 9.90 Å². The van der Waals surface area contributed by atoms with E-state index in [2.05, 4.69) is 0 Å². The van der Waals surface area contributed by atoms with E-state index in [-0.39, 0.29) is 31.2 Å². The van der Waals surface area contributed by atoms with Crippen molar-refractivity contribution in [1.29, 1.82) is 0 Å². The number of ether oxygens (including phenoxy) is 6. The maximum Gasteiger partial charge on any atom is 0.310 e. The molecule has 0 amide bonds. The van der Waals surface area contributed by atoms with Crippen LogP contribution >= 0.6 is 0 Å². The summed E-state index contributed by atoms with van der Waals surface area (Å²) in [4.78, 5) is 12.7. The van der Waals surface area contributed by atoms with Gasteiger partial charge in [-0.2, -0.15) is 0 Å². The standard InChI is InChI=1S/C22H22O8/c1-25-16-4-10(5-17(26-2)21(16)27-3)18-11-6-14-15(30-9-29-14)7-12(11)20(23)13-8-28-22(24)19(13)18/h4-7,13,18-20,23H,8-9H2,1-3H3/t13-,18+,19-,20-/m1/s1. The van der Waals surface area contributed by atoms with Crippen molar-refractivity contribution < 1.29 is 38.3 Å². The molecule has 1 N–H and O–H groups in total. The van der Waals surface area contributed by atoms with Crippen LogP contribution in [-0.2, 0) is 9.53 Å². The molecule has 158 valence electrons. The summed E-state index contributed by atoms with van der Waals surface area (Å²) >= 11 is 0. The summed E-state index contributed by atoms with van der Waals surface area (Å²) in [5, 5.41) is 11.0. The van der Waals surface area contributed by atoms with Crippen molar-refractivity contribution >= 4 is 5.97 Å². The van der Waals surface area contributed by atoms with Crippen molar-refractivity contribution in [3.63, 3.8) is 0 Å². The van der Waals surface area contributed by atoms with Crippen molar-refractivity contribution in [3.8, 4) is 28.7 Å². The van der Waals surface area contributed by atoms with Gasteiger partial charge in [0, 0.05) is 11.8 Å². The summed E-state index contributed by atoms with van der Waals surface area (Å²) in [5.41, 5.74) is 2.30. The highest BCUT2D eigenvalue weighted by molar-refractivity contribution is 5.79. The molecule has 0 saturated carbocycles. The number of hydrogen-bond donors (Lipinski definition) is 1. The fourth-order valence-electron chi connectivity index (χ4n) is 4.81. The molecule has 1 fully saturated rings. The van der Waals surface area contributed by atoms with Gasteiger partial charge in [-0.1, -0.05) is 0 Å². The number of rotatable bonds is 4. The topological polar surface area (TPSA) is 92.7 Å². The van der Waals surface area contributed by atoms with Crippen LogP contribution in [0.1, 0.15) is 28.7 Å². The molecule has 8 nitrogen and oxygen atoms in total. The minimum atomic E-state index is -0.843. The van der Waals surface area contributed by atoms with Gasteiger partial charge in [-0.05, 0) is 41.0 Å². The Morgan fingerprint density at radius 1 is 0.900 bits per heavy atom. The highest BCUT2D eigenvalue weighted by atomic mass is 16.7. The number of esters is 1. The zero-order valence-corrected chi connectivity index (χ0v) is 16.8. The van der Waals surface area contributed by atoms with E-state index >= 15 is 0 Å². The third-order valence-electron chi connectivity index (χ3n) is 6.19. The number of cyclic esters (lactones) is 1. The number of aliphatic hydroxyl groups excluding tert-OH is 1. The molecule has 1 saturated heterocycles. The van der Waals surface area contributed by atoms with Crippen LogP contribution in [0.25, 0.3) is 0 Å². The first-order valence-electron chi connectivity index (χ1n) is 9.65. The maximum absolute atomic E-state index is 12.7. The summed E-state index contributed by atoms with van der Waals surface area (Å²) in [6.45, 7) is 0.289. The predicted octanol–water partition coefficient (Wildman–Crippen LogP) is 2.41. The Hall–Kier alpha value is -3.13. The van der Waals surface area contributed by atoms with Gasteiger partial charge in [0.25, 0.3) is 0 Å². The third-order valence-corrected chi connectivity index (χ3v) is 6.19. The molecule has 0 bridgehead atoms. The zero-order chi connectivity index (χ0) is 21.0. The van der Waals surface area contributed by atoms with Gasteiger partial charge in [-0.3, -0.25) is 4.79 Å². The van der Waals surface area contributed by atoms with E-state index in [1.807, 2.05) is 18.2 Å². The minimum Gasteiger partial charge on any atom is -0.493 e. The van der Waals surface area contributed by atoms with Crippen LogP contribution in [0.5, 0.6) is 28.7 Å². The average Bonchev–Trinajstić information content (AvgIpc) is 3.38. The molecule has 8 heteroatoms. The lowest BCUT2D eigenvalue weighted by Gasteiger charge is -2.37.